The average molecular weight is 222 g/mol. The van der Waals surface area contributed by atoms with Crippen LogP contribution >= 0.6 is 0 Å². The number of nitro groups is 1. The molecule has 8 heteroatoms. The van der Waals surface area contributed by atoms with E-state index in [0.29, 0.717) is 6.07 Å². The highest BCUT2D eigenvalue weighted by Crippen LogP contribution is 2.21. The molecule has 0 heterocycles. The molecule has 0 aliphatic heterocycles. The molecule has 82 valence electrons. The van der Waals surface area contributed by atoms with E-state index in [1.165, 1.54) is 0 Å². The third-order valence-electron chi connectivity index (χ3n) is 1.68. The van der Waals surface area contributed by atoms with Gasteiger partial charge in [-0.25, -0.2) is 0 Å². The van der Waals surface area contributed by atoms with Crippen LogP contribution in [0, 0.1) is 15.9 Å². The number of nitro benzene ring substituents is 1. The highest BCUT2D eigenvalue weighted by Gasteiger charge is 2.24. The van der Waals surface area contributed by atoms with Crippen molar-refractivity contribution >= 4 is 12.7 Å². The van der Waals surface area contributed by atoms with Crippen molar-refractivity contribution in [2.24, 2.45) is 0 Å². The van der Waals surface area contributed by atoms with Crippen LogP contribution in [0.1, 0.15) is 5.56 Å². The second-order valence-electron chi connectivity index (χ2n) is 2.96. The molecule has 0 aromatic heterocycles. The summed E-state index contributed by atoms with van der Waals surface area (Å²) < 4.78 is 48.7. The monoisotopic (exact) mass is 222 g/mol. The molecule has 1 aromatic rings. The van der Waals surface area contributed by atoms with Crippen LogP contribution in [0.5, 0.6) is 0 Å². The molecule has 15 heavy (non-hydrogen) atoms. The van der Waals surface area contributed by atoms with Crippen LogP contribution in [0.15, 0.2) is 18.2 Å². The van der Waals surface area contributed by atoms with Crippen LogP contribution in [0.2, 0.25) is 0 Å². The largest absolute Gasteiger partial charge is 0.482 e. The second-order valence-corrected chi connectivity index (χ2v) is 2.96. The van der Waals surface area contributed by atoms with Crippen LogP contribution in [-0.2, 0) is 6.32 Å². The highest BCUT2D eigenvalue weighted by molar-refractivity contribution is 6.57. The first-order valence-corrected chi connectivity index (χ1v) is 3.93. The molecule has 0 spiro atoms. The first kappa shape index (κ1) is 11.5. The summed E-state index contributed by atoms with van der Waals surface area (Å²) in [6.45, 7) is -5.06. The standard InChI is InChI=1S/C7H5BF4NO2/c9-6-3-5(4-8(10,11)12)1-2-7(6)13(14)15/h1-3H,4H2/q-1. The number of rotatable bonds is 3. The lowest BCUT2D eigenvalue weighted by Gasteiger charge is -2.12. The van der Waals surface area contributed by atoms with Crippen LogP contribution in [0.4, 0.5) is 23.0 Å². The molecule has 0 radical (unpaired) electrons. The molecule has 0 N–H and O–H groups in total. The molecular weight excluding hydrogens is 217 g/mol. The summed E-state index contributed by atoms with van der Waals surface area (Å²) in [5.41, 5.74) is -1.14. The molecule has 1 aromatic carbocycles. The Morgan fingerprint density at radius 3 is 2.33 bits per heavy atom. The Morgan fingerprint density at radius 2 is 1.93 bits per heavy atom. The Labute approximate surface area is 81.9 Å². The molecule has 0 amide bonds. The maximum atomic E-state index is 12.9. The third-order valence-corrected chi connectivity index (χ3v) is 1.68. The zero-order chi connectivity index (χ0) is 11.6. The molecule has 0 aliphatic carbocycles. The van der Waals surface area contributed by atoms with Gasteiger partial charge >= 0.3 is 12.7 Å². The van der Waals surface area contributed by atoms with Gasteiger partial charge in [0.25, 0.3) is 0 Å². The third kappa shape index (κ3) is 3.23. The van der Waals surface area contributed by atoms with Crippen molar-refractivity contribution in [3.63, 3.8) is 0 Å². The summed E-state index contributed by atoms with van der Waals surface area (Å²) in [7, 11) is 0. The number of nitrogens with zero attached hydrogens (tertiary/aromatic N) is 1. The first-order chi connectivity index (χ1) is 6.79. The van der Waals surface area contributed by atoms with E-state index in [2.05, 4.69) is 0 Å². The van der Waals surface area contributed by atoms with Gasteiger partial charge in [0, 0.05) is 6.07 Å². The quantitative estimate of drug-likeness (QED) is 0.341. The fourth-order valence-electron chi connectivity index (χ4n) is 1.09. The molecule has 0 aliphatic rings. The molecule has 0 bridgehead atoms. The van der Waals surface area contributed by atoms with E-state index in [4.69, 9.17) is 0 Å². The van der Waals surface area contributed by atoms with Gasteiger partial charge in [0.2, 0.25) is 5.82 Å². The Morgan fingerprint density at radius 1 is 1.33 bits per heavy atom. The van der Waals surface area contributed by atoms with E-state index >= 15 is 0 Å². The molecular formula is C7H5BF4NO2-. The predicted molar refractivity (Wildman–Crippen MR) is 45.8 cm³/mol. The van der Waals surface area contributed by atoms with E-state index in [9.17, 15) is 27.5 Å². The van der Waals surface area contributed by atoms with Gasteiger partial charge in [-0.05, 0) is 6.07 Å². The van der Waals surface area contributed by atoms with Crippen molar-refractivity contribution in [2.75, 3.05) is 0 Å². The topological polar surface area (TPSA) is 43.1 Å². The summed E-state index contributed by atoms with van der Waals surface area (Å²) in [5.74, 6) is -1.25. The van der Waals surface area contributed by atoms with E-state index in [-0.39, 0.29) is 5.56 Å². The van der Waals surface area contributed by atoms with Gasteiger partial charge in [-0.3, -0.25) is 10.1 Å². The maximum absolute atomic E-state index is 12.9. The Bertz CT molecular complexity index is 393. The number of benzene rings is 1. The summed E-state index contributed by atoms with van der Waals surface area (Å²) in [6, 6.07) is 2.16. The molecule has 0 saturated carbocycles. The van der Waals surface area contributed by atoms with Crippen LogP contribution in [0.3, 0.4) is 0 Å². The van der Waals surface area contributed by atoms with Crippen molar-refractivity contribution < 1.29 is 22.3 Å². The predicted octanol–water partition coefficient (Wildman–Crippen LogP) is 2.66. The van der Waals surface area contributed by atoms with Crippen molar-refractivity contribution in [1.29, 1.82) is 0 Å². The minimum Gasteiger partial charge on any atom is -0.449 e. The summed E-state index contributed by atoms with van der Waals surface area (Å²) >= 11 is 0. The minimum atomic E-state index is -5.06. The van der Waals surface area contributed by atoms with Crippen molar-refractivity contribution in [3.05, 3.63) is 39.7 Å². The smallest absolute Gasteiger partial charge is 0.449 e. The average Bonchev–Trinajstić information content (AvgIpc) is 1.99. The van der Waals surface area contributed by atoms with E-state index in [1.807, 2.05) is 0 Å². The van der Waals surface area contributed by atoms with Gasteiger partial charge in [-0.2, -0.15) is 4.39 Å². The Hall–Kier alpha value is -1.60. The van der Waals surface area contributed by atoms with Gasteiger partial charge in [0.1, 0.15) is 0 Å². The van der Waals surface area contributed by atoms with E-state index in [0.717, 1.165) is 12.1 Å². The van der Waals surface area contributed by atoms with Crippen LogP contribution in [0.25, 0.3) is 0 Å². The van der Waals surface area contributed by atoms with E-state index < -0.39 is 29.7 Å². The van der Waals surface area contributed by atoms with Crippen molar-refractivity contribution in [3.8, 4) is 0 Å². The molecule has 0 fully saturated rings. The van der Waals surface area contributed by atoms with Crippen LogP contribution < -0.4 is 0 Å². The highest BCUT2D eigenvalue weighted by atomic mass is 19.4. The van der Waals surface area contributed by atoms with Gasteiger partial charge in [0.15, 0.2) is 0 Å². The number of halogens is 4. The van der Waals surface area contributed by atoms with Gasteiger partial charge < -0.3 is 12.9 Å². The summed E-state index contributed by atoms with van der Waals surface area (Å²) in [6.07, 6.45) is -1.24. The molecule has 1 rings (SSSR count). The Kier molecular flexibility index (Phi) is 2.97. The lowest BCUT2D eigenvalue weighted by Crippen LogP contribution is -2.19. The zero-order valence-corrected chi connectivity index (χ0v) is 7.29. The first-order valence-electron chi connectivity index (χ1n) is 3.93. The van der Waals surface area contributed by atoms with E-state index in [1.54, 1.807) is 0 Å². The number of hydrogen-bond donors (Lipinski definition) is 0. The number of hydrogen-bond acceptors (Lipinski definition) is 2. The molecule has 0 saturated heterocycles. The Balaban J connectivity index is 2.97. The summed E-state index contributed by atoms with van der Waals surface area (Å²) in [4.78, 5) is 9.18. The molecule has 0 unspecified atom stereocenters. The second kappa shape index (κ2) is 3.88. The molecule has 3 nitrogen and oxygen atoms in total. The molecule has 0 atom stereocenters. The maximum Gasteiger partial charge on any atom is 0.482 e. The lowest BCUT2D eigenvalue weighted by atomic mass is 9.82. The van der Waals surface area contributed by atoms with Gasteiger partial charge in [-0.15, -0.1) is 0 Å². The van der Waals surface area contributed by atoms with Gasteiger partial charge in [0.05, 0.1) is 4.92 Å². The SMILES string of the molecule is O=[N+]([O-])c1ccc(C[B-](F)(F)F)cc1F. The minimum absolute atomic E-state index is 0.314. The van der Waals surface area contributed by atoms with Crippen LogP contribution in [-0.4, -0.2) is 11.9 Å². The van der Waals surface area contributed by atoms with Crippen molar-refractivity contribution in [2.45, 2.75) is 6.32 Å². The van der Waals surface area contributed by atoms with Gasteiger partial charge in [-0.1, -0.05) is 17.9 Å². The normalized spacial score (nSPS) is 11.5. The fraction of sp³-hybridized carbons (Fsp3) is 0.143. The fourth-order valence-corrected chi connectivity index (χ4v) is 1.09. The van der Waals surface area contributed by atoms with Crippen molar-refractivity contribution in [1.82, 2.24) is 0 Å². The lowest BCUT2D eigenvalue weighted by molar-refractivity contribution is -0.387. The zero-order valence-electron chi connectivity index (χ0n) is 7.29. The summed E-state index contributed by atoms with van der Waals surface area (Å²) in [5, 5.41) is 10.2.